The average molecular weight is 265 g/mol. The second-order valence-corrected chi connectivity index (χ2v) is 7.36. The van der Waals surface area contributed by atoms with Gasteiger partial charge in [-0.25, -0.2) is 0 Å². The van der Waals surface area contributed by atoms with E-state index < -0.39 is 0 Å². The standard InChI is InChI=1S/C17H31NO/c1-3-7-16(2,15-19)14-18-12-10-17(11-13-18)8-5-4-6-9-17/h15H,3-14H2,1-2H3. The zero-order chi connectivity index (χ0) is 13.8. The molecule has 2 heteroatoms. The topological polar surface area (TPSA) is 20.3 Å². The van der Waals surface area contributed by atoms with Crippen LogP contribution in [0.25, 0.3) is 0 Å². The van der Waals surface area contributed by atoms with Gasteiger partial charge in [0.05, 0.1) is 0 Å². The lowest BCUT2D eigenvalue weighted by Crippen LogP contribution is -2.45. The summed E-state index contributed by atoms with van der Waals surface area (Å²) >= 11 is 0. The van der Waals surface area contributed by atoms with Crippen molar-refractivity contribution in [1.29, 1.82) is 0 Å². The first-order chi connectivity index (χ1) is 9.11. The Balaban J connectivity index is 1.84. The Morgan fingerprint density at radius 3 is 2.26 bits per heavy atom. The van der Waals surface area contributed by atoms with Crippen LogP contribution in [0.3, 0.4) is 0 Å². The fraction of sp³-hybridized carbons (Fsp3) is 0.941. The molecule has 0 aromatic heterocycles. The second kappa shape index (κ2) is 6.39. The number of hydrogen-bond acceptors (Lipinski definition) is 2. The molecule has 1 atom stereocenters. The lowest BCUT2D eigenvalue weighted by molar-refractivity contribution is -0.117. The number of aldehydes is 1. The van der Waals surface area contributed by atoms with Crippen LogP contribution in [0, 0.1) is 10.8 Å². The van der Waals surface area contributed by atoms with E-state index in [2.05, 4.69) is 18.7 Å². The molecule has 2 rings (SSSR count). The first kappa shape index (κ1) is 15.0. The van der Waals surface area contributed by atoms with Crippen molar-refractivity contribution in [1.82, 2.24) is 4.90 Å². The highest BCUT2D eigenvalue weighted by Crippen LogP contribution is 2.44. The zero-order valence-electron chi connectivity index (χ0n) is 12.9. The second-order valence-electron chi connectivity index (χ2n) is 7.36. The van der Waals surface area contributed by atoms with Crippen molar-refractivity contribution < 1.29 is 4.79 Å². The molecule has 0 amide bonds. The molecule has 0 radical (unpaired) electrons. The summed E-state index contributed by atoms with van der Waals surface area (Å²) < 4.78 is 0. The monoisotopic (exact) mass is 265 g/mol. The largest absolute Gasteiger partial charge is 0.303 e. The molecule has 1 aliphatic heterocycles. The quantitative estimate of drug-likeness (QED) is 0.699. The third-order valence-corrected chi connectivity index (χ3v) is 5.52. The molecule has 2 fully saturated rings. The zero-order valence-corrected chi connectivity index (χ0v) is 12.9. The Labute approximate surface area is 118 Å². The van der Waals surface area contributed by atoms with Gasteiger partial charge < -0.3 is 9.69 Å². The van der Waals surface area contributed by atoms with Crippen LogP contribution in [0.1, 0.15) is 71.6 Å². The minimum Gasteiger partial charge on any atom is -0.303 e. The van der Waals surface area contributed by atoms with Crippen LogP contribution in [-0.4, -0.2) is 30.8 Å². The van der Waals surface area contributed by atoms with Crippen molar-refractivity contribution in [3.8, 4) is 0 Å². The Morgan fingerprint density at radius 2 is 1.74 bits per heavy atom. The number of piperidine rings is 1. The highest BCUT2D eigenvalue weighted by atomic mass is 16.1. The number of carbonyl (C=O) groups excluding carboxylic acids is 1. The van der Waals surface area contributed by atoms with E-state index in [0.717, 1.165) is 19.4 Å². The third kappa shape index (κ3) is 3.81. The van der Waals surface area contributed by atoms with Crippen LogP contribution in [0.4, 0.5) is 0 Å². The van der Waals surface area contributed by atoms with E-state index in [4.69, 9.17) is 0 Å². The Hall–Kier alpha value is -0.370. The van der Waals surface area contributed by atoms with Gasteiger partial charge in [-0.1, -0.05) is 39.5 Å². The molecule has 2 aliphatic rings. The van der Waals surface area contributed by atoms with Crippen molar-refractivity contribution in [2.75, 3.05) is 19.6 Å². The first-order valence-electron chi connectivity index (χ1n) is 8.30. The lowest BCUT2D eigenvalue weighted by Gasteiger charge is -2.45. The predicted molar refractivity (Wildman–Crippen MR) is 80.3 cm³/mol. The van der Waals surface area contributed by atoms with Gasteiger partial charge in [0.2, 0.25) is 0 Å². The molecule has 110 valence electrons. The molecule has 1 aliphatic carbocycles. The Morgan fingerprint density at radius 1 is 1.11 bits per heavy atom. The molecule has 1 saturated heterocycles. The summed E-state index contributed by atoms with van der Waals surface area (Å²) in [7, 11) is 0. The fourth-order valence-electron chi connectivity index (χ4n) is 4.24. The van der Waals surface area contributed by atoms with Crippen molar-refractivity contribution in [3.63, 3.8) is 0 Å². The highest BCUT2D eigenvalue weighted by Gasteiger charge is 2.37. The van der Waals surface area contributed by atoms with Crippen LogP contribution < -0.4 is 0 Å². The van der Waals surface area contributed by atoms with Gasteiger partial charge in [-0.2, -0.15) is 0 Å². The van der Waals surface area contributed by atoms with Crippen LogP contribution in [0.2, 0.25) is 0 Å². The summed E-state index contributed by atoms with van der Waals surface area (Å²) in [6.07, 6.45) is 13.3. The van der Waals surface area contributed by atoms with E-state index in [1.807, 2.05) is 0 Å². The van der Waals surface area contributed by atoms with Gasteiger partial charge in [0.1, 0.15) is 6.29 Å². The Bertz CT molecular complexity index is 286. The molecule has 1 spiro atoms. The van der Waals surface area contributed by atoms with Crippen molar-refractivity contribution in [3.05, 3.63) is 0 Å². The molecule has 0 aromatic carbocycles. The predicted octanol–water partition coefficient (Wildman–Crippen LogP) is 4.04. The van der Waals surface area contributed by atoms with Crippen molar-refractivity contribution in [2.24, 2.45) is 10.8 Å². The number of nitrogens with zero attached hydrogens (tertiary/aromatic N) is 1. The Kier molecular flexibility index (Phi) is 5.05. The molecule has 1 heterocycles. The van der Waals surface area contributed by atoms with E-state index in [9.17, 15) is 4.79 Å². The molecule has 2 nitrogen and oxygen atoms in total. The van der Waals surface area contributed by atoms with Gasteiger partial charge in [-0.3, -0.25) is 0 Å². The SMILES string of the molecule is CCCC(C)(C=O)CN1CCC2(CCCCC2)CC1. The van der Waals surface area contributed by atoms with Gasteiger partial charge in [-0.05, 0) is 50.6 Å². The minimum absolute atomic E-state index is 0.119. The van der Waals surface area contributed by atoms with E-state index in [-0.39, 0.29) is 5.41 Å². The summed E-state index contributed by atoms with van der Waals surface area (Å²) in [4.78, 5) is 13.9. The average Bonchev–Trinajstić information content (AvgIpc) is 2.43. The molecule has 19 heavy (non-hydrogen) atoms. The van der Waals surface area contributed by atoms with Crippen molar-refractivity contribution >= 4 is 6.29 Å². The van der Waals surface area contributed by atoms with Crippen LogP contribution in [-0.2, 0) is 4.79 Å². The van der Waals surface area contributed by atoms with E-state index in [1.54, 1.807) is 0 Å². The molecule has 1 unspecified atom stereocenters. The summed E-state index contributed by atoms with van der Waals surface area (Å²) in [5.74, 6) is 0. The van der Waals surface area contributed by atoms with E-state index in [0.29, 0.717) is 5.41 Å². The normalized spacial score (nSPS) is 27.1. The van der Waals surface area contributed by atoms with Gasteiger partial charge in [-0.15, -0.1) is 0 Å². The smallest absolute Gasteiger partial charge is 0.127 e. The maximum absolute atomic E-state index is 11.4. The van der Waals surface area contributed by atoms with Gasteiger partial charge in [0.15, 0.2) is 0 Å². The molecular formula is C17H31NO. The molecular weight excluding hydrogens is 234 g/mol. The molecule has 1 saturated carbocycles. The molecule has 0 N–H and O–H groups in total. The third-order valence-electron chi connectivity index (χ3n) is 5.52. The van der Waals surface area contributed by atoms with Gasteiger partial charge in [0.25, 0.3) is 0 Å². The minimum atomic E-state index is -0.119. The number of hydrogen-bond donors (Lipinski definition) is 0. The lowest BCUT2D eigenvalue weighted by atomic mass is 9.68. The van der Waals surface area contributed by atoms with Gasteiger partial charge >= 0.3 is 0 Å². The molecule has 0 bridgehead atoms. The van der Waals surface area contributed by atoms with E-state index >= 15 is 0 Å². The fourth-order valence-corrected chi connectivity index (χ4v) is 4.24. The maximum Gasteiger partial charge on any atom is 0.127 e. The number of carbonyl (C=O) groups is 1. The van der Waals surface area contributed by atoms with E-state index in [1.165, 1.54) is 64.3 Å². The van der Waals surface area contributed by atoms with Crippen LogP contribution in [0.5, 0.6) is 0 Å². The van der Waals surface area contributed by atoms with Gasteiger partial charge in [0, 0.05) is 12.0 Å². The van der Waals surface area contributed by atoms with Crippen LogP contribution >= 0.6 is 0 Å². The first-order valence-corrected chi connectivity index (χ1v) is 8.30. The summed E-state index contributed by atoms with van der Waals surface area (Å²) in [6.45, 7) is 7.71. The summed E-state index contributed by atoms with van der Waals surface area (Å²) in [5, 5.41) is 0. The summed E-state index contributed by atoms with van der Waals surface area (Å²) in [5.41, 5.74) is 0.558. The van der Waals surface area contributed by atoms with Crippen molar-refractivity contribution in [2.45, 2.75) is 71.6 Å². The highest BCUT2D eigenvalue weighted by molar-refractivity contribution is 5.59. The summed E-state index contributed by atoms with van der Waals surface area (Å²) in [6, 6.07) is 0. The van der Waals surface area contributed by atoms with Crippen LogP contribution in [0.15, 0.2) is 0 Å². The number of rotatable bonds is 5. The maximum atomic E-state index is 11.4. The molecule has 0 aromatic rings. The number of likely N-dealkylation sites (tertiary alicyclic amines) is 1.